The highest BCUT2D eigenvalue weighted by atomic mass is 19.1. The van der Waals surface area contributed by atoms with Crippen molar-refractivity contribution < 1.29 is 28.6 Å². The van der Waals surface area contributed by atoms with Gasteiger partial charge in [-0.3, -0.25) is 4.79 Å². The van der Waals surface area contributed by atoms with Gasteiger partial charge in [0.1, 0.15) is 18.0 Å². The molecule has 5 atom stereocenters. The number of amides is 1. The molecule has 10 heteroatoms. The minimum atomic E-state index is -0.860. The highest BCUT2D eigenvalue weighted by Gasteiger charge is 2.29. The van der Waals surface area contributed by atoms with Gasteiger partial charge in [0.15, 0.2) is 0 Å². The monoisotopic (exact) mass is 614 g/mol. The molecule has 4 rings (SSSR count). The van der Waals surface area contributed by atoms with Crippen LogP contribution in [0, 0.1) is 17.7 Å². The minimum absolute atomic E-state index is 0.0556. The summed E-state index contributed by atoms with van der Waals surface area (Å²) in [4.78, 5) is 34.4. The number of aliphatic hydroxyl groups is 1. The molecule has 2 fully saturated rings. The summed E-state index contributed by atoms with van der Waals surface area (Å²) in [6.07, 6.45) is 4.23. The maximum atomic E-state index is 14.8. The molecular weight excluding hydrogens is 563 g/mol. The third kappa shape index (κ3) is 9.52. The van der Waals surface area contributed by atoms with Crippen molar-refractivity contribution in [1.82, 2.24) is 14.7 Å². The number of rotatable bonds is 5. The Bertz CT molecular complexity index is 1180. The summed E-state index contributed by atoms with van der Waals surface area (Å²) in [7, 11) is 2.04. The van der Waals surface area contributed by atoms with E-state index >= 15 is 0 Å². The predicted octanol–water partition coefficient (Wildman–Crippen LogP) is 4.41. The number of cyclic esters (lactones) is 1. The van der Waals surface area contributed by atoms with Crippen LogP contribution < -0.4 is 4.90 Å². The summed E-state index contributed by atoms with van der Waals surface area (Å²) < 4.78 is 26.7. The number of esters is 1. The van der Waals surface area contributed by atoms with E-state index in [-0.39, 0.29) is 30.2 Å². The van der Waals surface area contributed by atoms with Crippen LogP contribution in [0.25, 0.3) is 6.08 Å². The van der Waals surface area contributed by atoms with E-state index < -0.39 is 24.3 Å². The molecule has 1 aromatic carbocycles. The number of hydrogen-bond donors (Lipinski definition) is 1. The van der Waals surface area contributed by atoms with Crippen LogP contribution in [0.5, 0.6) is 0 Å². The van der Waals surface area contributed by atoms with Crippen LogP contribution in [0.15, 0.2) is 35.9 Å². The highest BCUT2D eigenvalue weighted by Crippen LogP contribution is 2.27. The Balaban J connectivity index is 1.55. The molecule has 244 valence electrons. The standard InChI is InChI=1S/C34H51FN4O5/c1-6-37-13-17-38(18-14-37)29-21-27(20-28(35)22-29)19-26(4)33-25(3)8-10-31(24(2)7-9-30(40)23-32(41)44-33)43-34(42)39-15-11-36(5)12-16-39/h8,10,19-22,24-25,30-31,33,40H,6-7,9,11-18,23H2,1-5H3/b10-8+,26-19+/t24-,25-,30+,31-,33-/m0/s1. The first kappa shape index (κ1) is 33.9. The lowest BCUT2D eigenvalue weighted by molar-refractivity contribution is -0.151. The molecule has 1 amide bonds. The minimum Gasteiger partial charge on any atom is -0.457 e. The first-order chi connectivity index (χ1) is 21.0. The Kier molecular flexibility index (Phi) is 12.2. The SMILES string of the molecule is CCN1CCN(c2cc(F)cc(/C=C(\C)[C@H]3OC(=O)C[C@H](O)CC[C@H](C)[C@@H](OC(=O)N4CCN(C)CC4)/C=C/[C@@H]3C)c2)CC1. The van der Waals surface area contributed by atoms with Gasteiger partial charge in [-0.2, -0.15) is 0 Å². The normalized spacial score (nSPS) is 29.4. The maximum Gasteiger partial charge on any atom is 0.410 e. The van der Waals surface area contributed by atoms with E-state index in [1.807, 2.05) is 52.1 Å². The average Bonchev–Trinajstić information content (AvgIpc) is 3.00. The summed E-state index contributed by atoms with van der Waals surface area (Å²) in [5.41, 5.74) is 2.29. The van der Waals surface area contributed by atoms with Gasteiger partial charge in [0.2, 0.25) is 0 Å². The van der Waals surface area contributed by atoms with Crippen molar-refractivity contribution in [1.29, 1.82) is 0 Å². The Morgan fingerprint density at radius 2 is 1.75 bits per heavy atom. The van der Waals surface area contributed by atoms with E-state index in [2.05, 4.69) is 21.6 Å². The van der Waals surface area contributed by atoms with Crippen molar-refractivity contribution >= 4 is 23.8 Å². The molecule has 0 saturated carbocycles. The third-order valence-electron chi connectivity index (χ3n) is 9.19. The zero-order valence-corrected chi connectivity index (χ0v) is 27.1. The topological polar surface area (TPSA) is 85.8 Å². The van der Waals surface area contributed by atoms with E-state index in [1.54, 1.807) is 11.0 Å². The Morgan fingerprint density at radius 1 is 1.05 bits per heavy atom. The molecule has 0 aromatic heterocycles. The van der Waals surface area contributed by atoms with Crippen LogP contribution >= 0.6 is 0 Å². The largest absolute Gasteiger partial charge is 0.457 e. The smallest absolute Gasteiger partial charge is 0.410 e. The van der Waals surface area contributed by atoms with Crippen LogP contribution in [0.2, 0.25) is 0 Å². The van der Waals surface area contributed by atoms with Gasteiger partial charge in [-0.15, -0.1) is 0 Å². The number of aliphatic hydroxyl groups excluding tert-OH is 1. The molecule has 9 nitrogen and oxygen atoms in total. The number of carbonyl (C=O) groups is 2. The lowest BCUT2D eigenvalue weighted by Crippen LogP contribution is -2.48. The van der Waals surface area contributed by atoms with Crippen LogP contribution in [-0.4, -0.2) is 116 Å². The zero-order chi connectivity index (χ0) is 31.8. The molecule has 44 heavy (non-hydrogen) atoms. The quantitative estimate of drug-likeness (QED) is 0.386. The number of halogens is 1. The highest BCUT2D eigenvalue weighted by molar-refractivity contribution is 5.71. The van der Waals surface area contributed by atoms with Crippen LogP contribution in [0.1, 0.15) is 52.5 Å². The van der Waals surface area contributed by atoms with Gasteiger partial charge < -0.3 is 34.2 Å². The van der Waals surface area contributed by atoms with Gasteiger partial charge in [0, 0.05) is 64.0 Å². The summed E-state index contributed by atoms with van der Waals surface area (Å²) >= 11 is 0. The number of likely N-dealkylation sites (N-methyl/N-ethyl adjacent to an activating group) is 2. The Labute approximate surface area is 262 Å². The predicted molar refractivity (Wildman–Crippen MR) is 171 cm³/mol. The molecule has 0 spiro atoms. The molecule has 0 aliphatic carbocycles. The molecule has 0 radical (unpaired) electrons. The second-order valence-corrected chi connectivity index (χ2v) is 12.8. The van der Waals surface area contributed by atoms with Gasteiger partial charge in [0.05, 0.1) is 12.5 Å². The number of hydrogen-bond acceptors (Lipinski definition) is 8. The number of nitrogens with zero attached hydrogens (tertiary/aromatic N) is 4. The number of ether oxygens (including phenoxy) is 2. The second-order valence-electron chi connectivity index (χ2n) is 12.8. The lowest BCUT2D eigenvalue weighted by Gasteiger charge is -2.35. The van der Waals surface area contributed by atoms with Gasteiger partial charge in [0.25, 0.3) is 0 Å². The van der Waals surface area contributed by atoms with Crippen molar-refractivity contribution in [3.63, 3.8) is 0 Å². The molecule has 0 bridgehead atoms. The molecule has 3 aliphatic rings. The van der Waals surface area contributed by atoms with Crippen molar-refractivity contribution in [2.24, 2.45) is 11.8 Å². The Hall–Kier alpha value is -2.95. The zero-order valence-electron chi connectivity index (χ0n) is 27.1. The fourth-order valence-electron chi connectivity index (χ4n) is 6.16. The maximum absolute atomic E-state index is 14.8. The third-order valence-corrected chi connectivity index (χ3v) is 9.19. The average molecular weight is 615 g/mol. The molecule has 0 unspecified atom stereocenters. The molecule has 1 N–H and O–H groups in total. The van der Waals surface area contributed by atoms with Crippen LogP contribution in [0.3, 0.4) is 0 Å². The molecule has 2 saturated heterocycles. The van der Waals surface area contributed by atoms with E-state index in [0.29, 0.717) is 31.5 Å². The van der Waals surface area contributed by atoms with Gasteiger partial charge in [-0.1, -0.05) is 32.9 Å². The van der Waals surface area contributed by atoms with Crippen LogP contribution in [-0.2, 0) is 14.3 Å². The summed E-state index contributed by atoms with van der Waals surface area (Å²) in [6.45, 7) is 15.4. The van der Waals surface area contributed by atoms with Gasteiger partial charge in [-0.25, -0.2) is 9.18 Å². The number of anilines is 1. The summed E-state index contributed by atoms with van der Waals surface area (Å²) in [6, 6.07) is 5.04. The number of carbonyl (C=O) groups excluding carboxylic acids is 2. The fraction of sp³-hybridized carbons (Fsp3) is 0.647. The van der Waals surface area contributed by atoms with Crippen molar-refractivity contribution in [2.75, 3.05) is 70.9 Å². The first-order valence-electron chi connectivity index (χ1n) is 16.2. The van der Waals surface area contributed by atoms with Crippen molar-refractivity contribution in [2.45, 2.75) is 65.3 Å². The fourth-order valence-corrected chi connectivity index (χ4v) is 6.16. The summed E-state index contributed by atoms with van der Waals surface area (Å²) in [5.74, 6) is -1.11. The van der Waals surface area contributed by atoms with Crippen molar-refractivity contribution in [3.05, 3.63) is 47.3 Å². The van der Waals surface area contributed by atoms with E-state index in [9.17, 15) is 19.1 Å². The molecule has 3 heterocycles. The van der Waals surface area contributed by atoms with Crippen molar-refractivity contribution in [3.8, 4) is 0 Å². The first-order valence-corrected chi connectivity index (χ1v) is 16.2. The number of benzene rings is 1. The van der Waals surface area contributed by atoms with Gasteiger partial charge in [-0.05, 0) is 74.7 Å². The van der Waals surface area contributed by atoms with Crippen LogP contribution in [0.4, 0.5) is 14.9 Å². The van der Waals surface area contributed by atoms with Gasteiger partial charge >= 0.3 is 12.1 Å². The second kappa shape index (κ2) is 15.9. The lowest BCUT2D eigenvalue weighted by atomic mass is 9.91. The number of piperazine rings is 2. The van der Waals surface area contributed by atoms with E-state index in [1.165, 1.54) is 6.07 Å². The molecular formula is C34H51FN4O5. The summed E-state index contributed by atoms with van der Waals surface area (Å²) in [5, 5.41) is 10.6. The van der Waals surface area contributed by atoms with E-state index in [0.717, 1.165) is 57.1 Å². The molecule has 3 aliphatic heterocycles. The Morgan fingerprint density at radius 3 is 2.43 bits per heavy atom. The molecule has 1 aromatic rings. The van der Waals surface area contributed by atoms with E-state index in [4.69, 9.17) is 9.47 Å².